The van der Waals surface area contributed by atoms with Gasteiger partial charge in [0.2, 0.25) is 5.91 Å². The van der Waals surface area contributed by atoms with Gasteiger partial charge in [-0.1, -0.05) is 0 Å². The second kappa shape index (κ2) is 5.05. The van der Waals surface area contributed by atoms with Gasteiger partial charge in [0.15, 0.2) is 0 Å². The van der Waals surface area contributed by atoms with E-state index in [9.17, 15) is 4.79 Å². The summed E-state index contributed by atoms with van der Waals surface area (Å²) >= 11 is 1.38. The van der Waals surface area contributed by atoms with Crippen LogP contribution in [-0.2, 0) is 4.79 Å². The number of hydrogen-bond donors (Lipinski definition) is 2. The minimum absolute atomic E-state index is 0.156. The minimum Gasteiger partial charge on any atom is -0.495 e. The molecule has 0 atom stereocenters. The van der Waals surface area contributed by atoms with Crippen molar-refractivity contribution in [2.75, 3.05) is 18.2 Å². The highest BCUT2D eigenvalue weighted by Crippen LogP contribution is 2.33. The van der Waals surface area contributed by atoms with Gasteiger partial charge >= 0.3 is 0 Å². The molecule has 0 spiro atoms. The summed E-state index contributed by atoms with van der Waals surface area (Å²) < 4.78 is 5.19. The Morgan fingerprint density at radius 2 is 2.28 bits per heavy atom. The van der Waals surface area contributed by atoms with Crippen molar-refractivity contribution in [3.8, 4) is 17.0 Å². The molecule has 2 aromatic rings. The average molecular weight is 263 g/mol. The Morgan fingerprint density at radius 3 is 2.83 bits per heavy atom. The molecule has 3 N–H and O–H groups in total. The minimum atomic E-state index is -0.156. The summed E-state index contributed by atoms with van der Waals surface area (Å²) in [7, 11) is 1.55. The van der Waals surface area contributed by atoms with E-state index in [2.05, 4.69) is 10.3 Å². The van der Waals surface area contributed by atoms with Gasteiger partial charge in [-0.25, -0.2) is 4.98 Å². The van der Waals surface area contributed by atoms with Crippen molar-refractivity contribution in [1.29, 1.82) is 0 Å². The molecule has 1 amide bonds. The predicted molar refractivity (Wildman–Crippen MR) is 72.8 cm³/mol. The Kier molecular flexibility index (Phi) is 3.47. The number of anilines is 2. The third-order valence-electron chi connectivity index (χ3n) is 2.38. The number of nitrogens with one attached hydrogen (secondary N) is 1. The van der Waals surface area contributed by atoms with Gasteiger partial charge in [-0.15, -0.1) is 11.3 Å². The number of thiazole rings is 1. The highest BCUT2D eigenvalue weighted by molar-refractivity contribution is 7.14. The molecule has 5 nitrogen and oxygen atoms in total. The molecule has 0 saturated heterocycles. The maximum atomic E-state index is 11.1. The number of amides is 1. The van der Waals surface area contributed by atoms with Crippen molar-refractivity contribution < 1.29 is 9.53 Å². The van der Waals surface area contributed by atoms with E-state index in [-0.39, 0.29) is 5.91 Å². The summed E-state index contributed by atoms with van der Waals surface area (Å²) in [5.74, 6) is 0.444. The monoisotopic (exact) mass is 263 g/mol. The smallest absolute Gasteiger partial charge is 0.221 e. The van der Waals surface area contributed by atoms with Crippen LogP contribution in [0.1, 0.15) is 6.92 Å². The SMILES string of the molecule is COc1ccc(-c2ncsc2N)cc1NC(C)=O. The van der Waals surface area contributed by atoms with Crippen molar-refractivity contribution in [2.45, 2.75) is 6.92 Å². The molecular weight excluding hydrogens is 250 g/mol. The zero-order valence-electron chi connectivity index (χ0n) is 10.1. The van der Waals surface area contributed by atoms with Crippen LogP contribution in [0, 0.1) is 0 Å². The van der Waals surface area contributed by atoms with Crippen LogP contribution in [0.25, 0.3) is 11.3 Å². The molecular formula is C12H13N3O2S. The maximum absolute atomic E-state index is 11.1. The Balaban J connectivity index is 2.45. The third kappa shape index (κ3) is 2.43. The molecule has 0 radical (unpaired) electrons. The Bertz CT molecular complexity index is 580. The van der Waals surface area contributed by atoms with Gasteiger partial charge in [-0.2, -0.15) is 0 Å². The van der Waals surface area contributed by atoms with E-state index in [1.807, 2.05) is 6.07 Å². The van der Waals surface area contributed by atoms with Gasteiger partial charge < -0.3 is 15.8 Å². The predicted octanol–water partition coefficient (Wildman–Crippen LogP) is 2.36. The normalized spacial score (nSPS) is 10.1. The highest BCUT2D eigenvalue weighted by atomic mass is 32.1. The Hall–Kier alpha value is -2.08. The number of rotatable bonds is 3. The van der Waals surface area contributed by atoms with Crippen LogP contribution >= 0.6 is 11.3 Å². The second-order valence-electron chi connectivity index (χ2n) is 3.66. The average Bonchev–Trinajstić information content (AvgIpc) is 2.74. The van der Waals surface area contributed by atoms with Crippen LogP contribution in [0.15, 0.2) is 23.7 Å². The number of nitrogens with zero attached hydrogens (tertiary/aromatic N) is 1. The first kappa shape index (κ1) is 12.4. The van der Waals surface area contributed by atoms with Gasteiger partial charge in [-0.3, -0.25) is 4.79 Å². The molecule has 1 aromatic heterocycles. The summed E-state index contributed by atoms with van der Waals surface area (Å²) in [5, 5.41) is 3.36. The number of nitrogens with two attached hydrogens (primary N) is 1. The lowest BCUT2D eigenvalue weighted by molar-refractivity contribution is -0.114. The topological polar surface area (TPSA) is 77.2 Å². The Labute approximate surface area is 109 Å². The van der Waals surface area contributed by atoms with E-state index >= 15 is 0 Å². The van der Waals surface area contributed by atoms with Gasteiger partial charge in [-0.05, 0) is 18.2 Å². The number of carbonyl (C=O) groups excluding carboxylic acids is 1. The molecule has 0 bridgehead atoms. The van der Waals surface area contributed by atoms with Crippen molar-refractivity contribution in [3.63, 3.8) is 0 Å². The van der Waals surface area contributed by atoms with Crippen LogP contribution in [0.5, 0.6) is 5.75 Å². The lowest BCUT2D eigenvalue weighted by atomic mass is 10.1. The number of hydrogen-bond acceptors (Lipinski definition) is 5. The van der Waals surface area contributed by atoms with Crippen molar-refractivity contribution in [2.24, 2.45) is 0 Å². The van der Waals surface area contributed by atoms with E-state index in [1.165, 1.54) is 18.3 Å². The van der Waals surface area contributed by atoms with E-state index < -0.39 is 0 Å². The highest BCUT2D eigenvalue weighted by Gasteiger charge is 2.10. The third-order valence-corrected chi connectivity index (χ3v) is 3.04. The molecule has 0 saturated carbocycles. The lowest BCUT2D eigenvalue weighted by Crippen LogP contribution is -2.07. The first-order valence-corrected chi connectivity index (χ1v) is 6.14. The summed E-state index contributed by atoms with van der Waals surface area (Å²) in [6, 6.07) is 5.43. The van der Waals surface area contributed by atoms with Crippen LogP contribution < -0.4 is 15.8 Å². The van der Waals surface area contributed by atoms with E-state index in [1.54, 1.807) is 24.8 Å². The zero-order chi connectivity index (χ0) is 13.1. The van der Waals surface area contributed by atoms with Crippen LogP contribution in [0.4, 0.5) is 10.7 Å². The first-order valence-electron chi connectivity index (χ1n) is 5.26. The molecule has 0 fully saturated rings. The summed E-state index contributed by atoms with van der Waals surface area (Å²) in [5.41, 5.74) is 9.69. The number of nitrogen functional groups attached to an aromatic ring is 1. The number of aromatic nitrogens is 1. The standard InChI is InChI=1S/C12H13N3O2S/c1-7(16)15-9-5-8(3-4-10(9)17-2)11-12(13)18-6-14-11/h3-6H,13H2,1-2H3,(H,15,16). The summed E-state index contributed by atoms with van der Waals surface area (Å²) in [6.45, 7) is 1.45. The van der Waals surface area contributed by atoms with Crippen LogP contribution in [0.3, 0.4) is 0 Å². The fourth-order valence-electron chi connectivity index (χ4n) is 1.61. The Morgan fingerprint density at radius 1 is 1.50 bits per heavy atom. The number of carbonyl (C=O) groups is 1. The van der Waals surface area contributed by atoms with Crippen molar-refractivity contribution in [3.05, 3.63) is 23.7 Å². The molecule has 0 aliphatic rings. The lowest BCUT2D eigenvalue weighted by Gasteiger charge is -2.10. The molecule has 1 heterocycles. The largest absolute Gasteiger partial charge is 0.495 e. The maximum Gasteiger partial charge on any atom is 0.221 e. The van der Waals surface area contributed by atoms with E-state index in [4.69, 9.17) is 10.5 Å². The molecule has 0 aliphatic carbocycles. The van der Waals surface area contributed by atoms with Gasteiger partial charge in [0.25, 0.3) is 0 Å². The number of ether oxygens (including phenoxy) is 1. The second-order valence-corrected chi connectivity index (χ2v) is 4.55. The van der Waals surface area contributed by atoms with Gasteiger partial charge in [0.05, 0.1) is 18.3 Å². The van der Waals surface area contributed by atoms with E-state index in [0.29, 0.717) is 22.1 Å². The van der Waals surface area contributed by atoms with E-state index in [0.717, 1.165) is 5.56 Å². The van der Waals surface area contributed by atoms with Crippen LogP contribution in [0.2, 0.25) is 0 Å². The van der Waals surface area contributed by atoms with Gasteiger partial charge in [0.1, 0.15) is 16.4 Å². The first-order chi connectivity index (χ1) is 8.61. The molecule has 18 heavy (non-hydrogen) atoms. The zero-order valence-corrected chi connectivity index (χ0v) is 10.9. The number of benzene rings is 1. The van der Waals surface area contributed by atoms with Gasteiger partial charge in [0, 0.05) is 12.5 Å². The summed E-state index contributed by atoms with van der Waals surface area (Å²) in [6.07, 6.45) is 0. The molecule has 6 heteroatoms. The van der Waals surface area contributed by atoms with Crippen molar-refractivity contribution in [1.82, 2.24) is 4.98 Å². The fraction of sp³-hybridized carbons (Fsp3) is 0.167. The van der Waals surface area contributed by atoms with Crippen LogP contribution in [-0.4, -0.2) is 18.0 Å². The fourth-order valence-corrected chi connectivity index (χ4v) is 2.17. The van der Waals surface area contributed by atoms with Crippen molar-refractivity contribution >= 4 is 27.9 Å². The molecule has 0 unspecified atom stereocenters. The molecule has 0 aliphatic heterocycles. The number of methoxy groups -OCH3 is 1. The molecule has 94 valence electrons. The molecule has 2 rings (SSSR count). The summed E-state index contributed by atoms with van der Waals surface area (Å²) in [4.78, 5) is 15.3. The quantitative estimate of drug-likeness (QED) is 0.891. The molecule has 1 aromatic carbocycles.